The third kappa shape index (κ3) is 3.32. The zero-order chi connectivity index (χ0) is 15.0. The van der Waals surface area contributed by atoms with Gasteiger partial charge >= 0.3 is 0 Å². The van der Waals surface area contributed by atoms with Gasteiger partial charge in [0.15, 0.2) is 9.84 Å². The van der Waals surface area contributed by atoms with Crippen LogP contribution in [-0.2, 0) is 24.1 Å². The molecule has 1 atom stereocenters. The Kier molecular flexibility index (Phi) is 3.80. The summed E-state index contributed by atoms with van der Waals surface area (Å²) in [7, 11) is -7.37. The first-order valence-electron chi connectivity index (χ1n) is 5.58. The highest BCUT2D eigenvalue weighted by Crippen LogP contribution is 2.22. The van der Waals surface area contributed by atoms with Crippen molar-refractivity contribution >= 4 is 25.6 Å². The summed E-state index contributed by atoms with van der Waals surface area (Å²) in [5.41, 5.74) is -0.243. The van der Waals surface area contributed by atoms with Gasteiger partial charge in [-0.15, -0.1) is 0 Å². The van der Waals surface area contributed by atoms with Crippen LogP contribution in [0.4, 0.5) is 5.69 Å². The van der Waals surface area contributed by atoms with E-state index in [9.17, 15) is 26.9 Å². The zero-order valence-electron chi connectivity index (χ0n) is 10.1. The first kappa shape index (κ1) is 14.9. The molecule has 0 aliphatic carbocycles. The predicted octanol–water partition coefficient (Wildman–Crippen LogP) is 0.487. The predicted molar refractivity (Wildman–Crippen MR) is 68.4 cm³/mol. The number of non-ortho nitro benzene ring substituents is 1. The van der Waals surface area contributed by atoms with Gasteiger partial charge in [0.25, 0.3) is 15.8 Å². The van der Waals surface area contributed by atoms with Crippen molar-refractivity contribution in [1.29, 1.82) is 0 Å². The summed E-state index contributed by atoms with van der Waals surface area (Å²) in [6.07, 6.45) is -0.783. The number of nitrogens with zero attached hydrogens (tertiary/aromatic N) is 1. The summed E-state index contributed by atoms with van der Waals surface area (Å²) >= 11 is 0. The van der Waals surface area contributed by atoms with Gasteiger partial charge in [-0.2, -0.15) is 8.42 Å². The van der Waals surface area contributed by atoms with Gasteiger partial charge in [0.05, 0.1) is 27.4 Å². The maximum Gasteiger partial charge on any atom is 0.297 e. The molecule has 0 N–H and O–H groups in total. The van der Waals surface area contributed by atoms with Crippen LogP contribution in [0.2, 0.25) is 0 Å². The minimum absolute atomic E-state index is 0.104. The number of nitro benzene ring substituents is 1. The number of hydrogen-bond acceptors (Lipinski definition) is 7. The van der Waals surface area contributed by atoms with Gasteiger partial charge in [-0.1, -0.05) is 0 Å². The summed E-state index contributed by atoms with van der Waals surface area (Å²) in [4.78, 5) is 9.58. The van der Waals surface area contributed by atoms with Crippen LogP contribution in [0.1, 0.15) is 6.42 Å². The lowest BCUT2D eigenvalue weighted by atomic mass is 10.3. The molecule has 0 spiro atoms. The molecule has 0 saturated carbocycles. The number of benzene rings is 1. The molecular weight excluding hydrogens is 310 g/mol. The van der Waals surface area contributed by atoms with E-state index >= 15 is 0 Å². The van der Waals surface area contributed by atoms with Gasteiger partial charge < -0.3 is 0 Å². The number of rotatable bonds is 4. The van der Waals surface area contributed by atoms with Crippen molar-refractivity contribution in [2.24, 2.45) is 0 Å². The lowest BCUT2D eigenvalue weighted by Gasteiger charge is -2.10. The summed E-state index contributed by atoms with van der Waals surface area (Å²) < 4.78 is 51.1. The fourth-order valence-corrected chi connectivity index (χ4v) is 4.59. The van der Waals surface area contributed by atoms with Crippen LogP contribution >= 0.6 is 0 Å². The molecule has 110 valence electrons. The highest BCUT2D eigenvalue weighted by atomic mass is 32.2. The molecule has 0 unspecified atom stereocenters. The van der Waals surface area contributed by atoms with Crippen molar-refractivity contribution < 1.29 is 25.9 Å². The molecule has 2 rings (SSSR count). The Bertz CT molecular complexity index is 721. The van der Waals surface area contributed by atoms with E-state index < -0.39 is 31.0 Å². The molecule has 1 saturated heterocycles. The maximum atomic E-state index is 11.9. The van der Waals surface area contributed by atoms with Crippen LogP contribution in [-0.4, -0.2) is 39.4 Å². The lowest BCUT2D eigenvalue weighted by molar-refractivity contribution is -0.384. The van der Waals surface area contributed by atoms with E-state index in [4.69, 9.17) is 4.18 Å². The van der Waals surface area contributed by atoms with Crippen molar-refractivity contribution in [2.75, 3.05) is 11.5 Å². The number of nitro groups is 1. The van der Waals surface area contributed by atoms with E-state index in [1.165, 1.54) is 0 Å². The summed E-state index contributed by atoms with van der Waals surface area (Å²) in [6, 6.07) is 4.19. The van der Waals surface area contributed by atoms with Gasteiger partial charge in [0.2, 0.25) is 0 Å². The third-order valence-electron chi connectivity index (χ3n) is 2.79. The molecule has 20 heavy (non-hydrogen) atoms. The first-order chi connectivity index (χ1) is 9.20. The van der Waals surface area contributed by atoms with Crippen LogP contribution in [0.5, 0.6) is 0 Å². The molecule has 0 aromatic heterocycles. The van der Waals surface area contributed by atoms with Crippen molar-refractivity contribution in [3.63, 3.8) is 0 Å². The monoisotopic (exact) mass is 321 g/mol. The molecular formula is C10H11NO7S2. The fraction of sp³-hybridized carbons (Fsp3) is 0.400. The molecule has 10 heteroatoms. The Morgan fingerprint density at radius 3 is 2.30 bits per heavy atom. The molecule has 8 nitrogen and oxygen atoms in total. The van der Waals surface area contributed by atoms with E-state index in [1.807, 2.05) is 0 Å². The Hall–Kier alpha value is -1.52. The molecule has 1 aliphatic heterocycles. The van der Waals surface area contributed by atoms with Crippen molar-refractivity contribution in [2.45, 2.75) is 17.4 Å². The largest absolute Gasteiger partial charge is 0.297 e. The first-order valence-corrected chi connectivity index (χ1v) is 8.81. The molecule has 1 heterocycles. The SMILES string of the molecule is O=[N+]([O-])c1ccc(S(=O)(=O)O[C@@H]2CCS(=O)(=O)C2)cc1. The van der Waals surface area contributed by atoms with Crippen LogP contribution in [0.3, 0.4) is 0 Å². The molecule has 0 radical (unpaired) electrons. The number of hydrogen-bond donors (Lipinski definition) is 0. The van der Waals surface area contributed by atoms with E-state index in [-0.39, 0.29) is 28.5 Å². The molecule has 1 fully saturated rings. The average molecular weight is 321 g/mol. The fourth-order valence-electron chi connectivity index (χ4n) is 1.81. The molecule has 1 aromatic carbocycles. The normalized spacial score (nSPS) is 21.7. The Balaban J connectivity index is 2.16. The highest BCUT2D eigenvalue weighted by molar-refractivity contribution is 7.91. The highest BCUT2D eigenvalue weighted by Gasteiger charge is 2.33. The Labute approximate surface area is 115 Å². The van der Waals surface area contributed by atoms with Crippen LogP contribution in [0.25, 0.3) is 0 Å². The zero-order valence-corrected chi connectivity index (χ0v) is 11.8. The van der Waals surface area contributed by atoms with Gasteiger partial charge in [0, 0.05) is 12.1 Å². The second-order valence-electron chi connectivity index (χ2n) is 4.33. The summed E-state index contributed by atoms with van der Waals surface area (Å²) in [5, 5.41) is 10.5. The average Bonchev–Trinajstić information content (AvgIpc) is 2.68. The quantitative estimate of drug-likeness (QED) is 0.449. The van der Waals surface area contributed by atoms with Crippen LogP contribution in [0, 0.1) is 10.1 Å². The van der Waals surface area contributed by atoms with Gasteiger partial charge in [-0.05, 0) is 18.6 Å². The third-order valence-corrected chi connectivity index (χ3v) is 5.90. The van der Waals surface area contributed by atoms with E-state index in [1.54, 1.807) is 0 Å². The van der Waals surface area contributed by atoms with Gasteiger partial charge in [0.1, 0.15) is 0 Å². The van der Waals surface area contributed by atoms with Gasteiger partial charge in [-0.25, -0.2) is 8.42 Å². The van der Waals surface area contributed by atoms with Crippen LogP contribution in [0.15, 0.2) is 29.2 Å². The second-order valence-corrected chi connectivity index (χ2v) is 8.13. The second kappa shape index (κ2) is 5.11. The maximum absolute atomic E-state index is 11.9. The summed E-state index contributed by atoms with van der Waals surface area (Å²) in [6.45, 7) is 0. The van der Waals surface area contributed by atoms with Crippen molar-refractivity contribution in [3.05, 3.63) is 34.4 Å². The van der Waals surface area contributed by atoms with E-state index in [2.05, 4.69) is 0 Å². The standard InChI is InChI=1S/C10H11NO7S2/c12-11(13)8-1-3-10(4-2-8)20(16,17)18-9-5-6-19(14,15)7-9/h1-4,9H,5-7H2/t9-/m1/s1. The van der Waals surface area contributed by atoms with Crippen molar-refractivity contribution in [1.82, 2.24) is 0 Å². The molecule has 1 aliphatic rings. The minimum atomic E-state index is -4.12. The lowest BCUT2D eigenvalue weighted by Crippen LogP contribution is -2.19. The van der Waals surface area contributed by atoms with Crippen LogP contribution < -0.4 is 0 Å². The topological polar surface area (TPSA) is 121 Å². The minimum Gasteiger partial charge on any atom is -0.262 e. The van der Waals surface area contributed by atoms with Crippen molar-refractivity contribution in [3.8, 4) is 0 Å². The van der Waals surface area contributed by atoms with E-state index in [0.717, 1.165) is 24.3 Å². The van der Waals surface area contributed by atoms with Gasteiger partial charge in [-0.3, -0.25) is 14.3 Å². The number of sulfone groups is 1. The Morgan fingerprint density at radius 1 is 1.25 bits per heavy atom. The Morgan fingerprint density at radius 2 is 1.85 bits per heavy atom. The summed E-state index contributed by atoms with van der Waals surface area (Å²) in [5.74, 6) is -0.438. The smallest absolute Gasteiger partial charge is 0.262 e. The van der Waals surface area contributed by atoms with E-state index in [0.29, 0.717) is 0 Å². The molecule has 0 bridgehead atoms. The molecule has 1 aromatic rings. The molecule has 0 amide bonds.